The van der Waals surface area contributed by atoms with E-state index >= 15 is 0 Å². The minimum Gasteiger partial charge on any atom is -0.366 e. The largest absolute Gasteiger partial charge is 0.366 e. The second kappa shape index (κ2) is 7.31. The van der Waals surface area contributed by atoms with Crippen molar-refractivity contribution < 1.29 is 18.0 Å². The maximum absolute atomic E-state index is 13.9. The van der Waals surface area contributed by atoms with Crippen LogP contribution in [-0.4, -0.2) is 34.7 Å². The summed E-state index contributed by atoms with van der Waals surface area (Å²) in [6, 6.07) is 13.7. The normalized spacial score (nSPS) is 18.2. The van der Waals surface area contributed by atoms with Crippen molar-refractivity contribution in [3.05, 3.63) is 71.6 Å². The lowest BCUT2D eigenvalue weighted by molar-refractivity contribution is -0.0477. The summed E-state index contributed by atoms with van der Waals surface area (Å²) in [6.45, 7) is 1.83. The van der Waals surface area contributed by atoms with Crippen LogP contribution >= 0.6 is 0 Å². The SMILES string of the molecule is Fc1cccc(CN2CCO[C@H](c3nc(-c4ccccc4)no3)C2)c1F. The number of hydrogen-bond acceptors (Lipinski definition) is 5. The predicted molar refractivity (Wildman–Crippen MR) is 90.1 cm³/mol. The summed E-state index contributed by atoms with van der Waals surface area (Å²) < 4.78 is 38.4. The van der Waals surface area contributed by atoms with Gasteiger partial charge >= 0.3 is 0 Å². The lowest BCUT2D eigenvalue weighted by Gasteiger charge is -2.31. The number of morpholine rings is 1. The minimum absolute atomic E-state index is 0.295. The molecule has 4 rings (SSSR count). The van der Waals surface area contributed by atoms with E-state index < -0.39 is 17.7 Å². The fourth-order valence-electron chi connectivity index (χ4n) is 2.98. The summed E-state index contributed by atoms with van der Waals surface area (Å²) >= 11 is 0. The van der Waals surface area contributed by atoms with Gasteiger partial charge in [0.25, 0.3) is 5.89 Å². The van der Waals surface area contributed by atoms with Crippen LogP contribution in [0.15, 0.2) is 53.1 Å². The maximum Gasteiger partial charge on any atom is 0.257 e. The van der Waals surface area contributed by atoms with Crippen LogP contribution in [0.5, 0.6) is 0 Å². The van der Waals surface area contributed by atoms with Gasteiger partial charge in [0.15, 0.2) is 11.6 Å². The molecule has 0 bridgehead atoms. The zero-order valence-electron chi connectivity index (χ0n) is 13.9. The molecule has 1 fully saturated rings. The Morgan fingerprint density at radius 2 is 1.92 bits per heavy atom. The van der Waals surface area contributed by atoms with E-state index in [0.717, 1.165) is 11.6 Å². The number of nitrogens with zero attached hydrogens (tertiary/aromatic N) is 3. The van der Waals surface area contributed by atoms with Crippen LogP contribution in [0.25, 0.3) is 11.4 Å². The van der Waals surface area contributed by atoms with E-state index in [1.54, 1.807) is 6.07 Å². The van der Waals surface area contributed by atoms with Crippen molar-refractivity contribution in [1.82, 2.24) is 15.0 Å². The molecule has 1 saturated heterocycles. The van der Waals surface area contributed by atoms with Gasteiger partial charge in [0.2, 0.25) is 5.82 Å². The molecule has 134 valence electrons. The Labute approximate surface area is 149 Å². The van der Waals surface area contributed by atoms with Gasteiger partial charge in [0.1, 0.15) is 6.10 Å². The summed E-state index contributed by atoms with van der Waals surface area (Å²) in [6.07, 6.45) is -0.398. The van der Waals surface area contributed by atoms with Crippen LogP contribution in [0.4, 0.5) is 8.78 Å². The molecule has 0 unspecified atom stereocenters. The first-order chi connectivity index (χ1) is 12.7. The van der Waals surface area contributed by atoms with Crippen molar-refractivity contribution in [3.8, 4) is 11.4 Å². The average Bonchev–Trinajstić information content (AvgIpc) is 3.17. The summed E-state index contributed by atoms with van der Waals surface area (Å²) in [5, 5.41) is 4.00. The summed E-state index contributed by atoms with van der Waals surface area (Å²) in [5.74, 6) is -0.762. The second-order valence-electron chi connectivity index (χ2n) is 6.13. The summed E-state index contributed by atoms with van der Waals surface area (Å²) in [4.78, 5) is 6.40. The monoisotopic (exact) mass is 357 g/mol. The molecule has 0 radical (unpaired) electrons. The van der Waals surface area contributed by atoms with Crippen LogP contribution in [0.2, 0.25) is 0 Å². The van der Waals surface area contributed by atoms with Crippen LogP contribution in [0, 0.1) is 11.6 Å². The third-order valence-corrected chi connectivity index (χ3v) is 4.33. The number of ether oxygens (including phenoxy) is 1. The average molecular weight is 357 g/mol. The zero-order chi connectivity index (χ0) is 17.9. The van der Waals surface area contributed by atoms with Crippen LogP contribution < -0.4 is 0 Å². The van der Waals surface area contributed by atoms with Crippen molar-refractivity contribution in [2.45, 2.75) is 12.6 Å². The van der Waals surface area contributed by atoms with Crippen molar-refractivity contribution in [2.75, 3.05) is 19.7 Å². The third-order valence-electron chi connectivity index (χ3n) is 4.33. The van der Waals surface area contributed by atoms with Crippen LogP contribution in [0.3, 0.4) is 0 Å². The molecule has 2 aromatic carbocycles. The number of benzene rings is 2. The Hall–Kier alpha value is -2.64. The Morgan fingerprint density at radius 1 is 1.08 bits per heavy atom. The fraction of sp³-hybridized carbons (Fsp3) is 0.263. The highest BCUT2D eigenvalue weighted by Gasteiger charge is 2.27. The van der Waals surface area contributed by atoms with Gasteiger partial charge in [0, 0.05) is 30.8 Å². The molecule has 0 N–H and O–H groups in total. The third kappa shape index (κ3) is 3.49. The zero-order valence-corrected chi connectivity index (χ0v) is 13.9. The quantitative estimate of drug-likeness (QED) is 0.714. The molecule has 1 aliphatic rings. The van der Waals surface area contributed by atoms with Gasteiger partial charge in [-0.05, 0) is 6.07 Å². The van der Waals surface area contributed by atoms with Gasteiger partial charge in [-0.1, -0.05) is 47.6 Å². The molecule has 0 spiro atoms. The molecule has 3 aromatic rings. The topological polar surface area (TPSA) is 51.4 Å². The van der Waals surface area contributed by atoms with Gasteiger partial charge in [-0.15, -0.1) is 0 Å². The first-order valence-electron chi connectivity index (χ1n) is 8.36. The molecule has 5 nitrogen and oxygen atoms in total. The molecule has 2 heterocycles. The van der Waals surface area contributed by atoms with Crippen molar-refractivity contribution in [1.29, 1.82) is 0 Å². The lowest BCUT2D eigenvalue weighted by Crippen LogP contribution is -2.38. The highest BCUT2D eigenvalue weighted by molar-refractivity contribution is 5.53. The number of rotatable bonds is 4. The maximum atomic E-state index is 13.9. The van der Waals surface area contributed by atoms with Crippen molar-refractivity contribution in [2.24, 2.45) is 0 Å². The smallest absolute Gasteiger partial charge is 0.257 e. The summed E-state index contributed by atoms with van der Waals surface area (Å²) in [5.41, 5.74) is 1.18. The minimum atomic E-state index is -0.836. The van der Waals surface area contributed by atoms with Gasteiger partial charge in [-0.25, -0.2) is 8.78 Å². The molecule has 1 aliphatic heterocycles. The van der Waals surface area contributed by atoms with E-state index in [2.05, 4.69) is 10.1 Å². The van der Waals surface area contributed by atoms with Crippen molar-refractivity contribution in [3.63, 3.8) is 0 Å². The first kappa shape index (κ1) is 16.8. The standard InChI is InChI=1S/C19H17F2N3O2/c20-15-8-4-7-14(17(15)21)11-24-9-10-25-16(12-24)19-22-18(23-26-19)13-5-2-1-3-6-13/h1-8,16H,9-12H2/t16-/m0/s1. The van der Waals surface area contributed by atoms with Gasteiger partial charge in [0.05, 0.1) is 6.61 Å². The van der Waals surface area contributed by atoms with Crippen molar-refractivity contribution >= 4 is 0 Å². The molecular weight excluding hydrogens is 340 g/mol. The van der Waals surface area contributed by atoms with E-state index in [0.29, 0.717) is 43.5 Å². The molecule has 0 amide bonds. The number of aromatic nitrogens is 2. The Bertz CT molecular complexity index is 886. The van der Waals surface area contributed by atoms with Gasteiger partial charge < -0.3 is 9.26 Å². The van der Waals surface area contributed by atoms with E-state index in [-0.39, 0.29) is 0 Å². The molecule has 7 heteroatoms. The van der Waals surface area contributed by atoms with Gasteiger partial charge in [-0.3, -0.25) is 4.90 Å². The molecule has 0 saturated carbocycles. The number of halogens is 2. The molecule has 1 aromatic heterocycles. The van der Waals surface area contributed by atoms with E-state index in [1.165, 1.54) is 6.07 Å². The lowest BCUT2D eigenvalue weighted by atomic mass is 10.1. The predicted octanol–water partition coefficient (Wildman–Crippen LogP) is 3.59. The van der Waals surface area contributed by atoms with Crippen LogP contribution in [-0.2, 0) is 11.3 Å². The van der Waals surface area contributed by atoms with Gasteiger partial charge in [-0.2, -0.15) is 4.98 Å². The first-order valence-corrected chi connectivity index (χ1v) is 8.36. The Balaban J connectivity index is 1.47. The Morgan fingerprint density at radius 3 is 2.77 bits per heavy atom. The Kier molecular flexibility index (Phi) is 4.73. The molecular formula is C19H17F2N3O2. The number of hydrogen-bond donors (Lipinski definition) is 0. The van der Waals surface area contributed by atoms with E-state index in [1.807, 2.05) is 35.2 Å². The molecule has 1 atom stereocenters. The molecule has 26 heavy (non-hydrogen) atoms. The molecule has 0 aliphatic carbocycles. The fourth-order valence-corrected chi connectivity index (χ4v) is 2.98. The second-order valence-corrected chi connectivity index (χ2v) is 6.13. The van der Waals surface area contributed by atoms with E-state index in [9.17, 15) is 8.78 Å². The summed E-state index contributed by atoms with van der Waals surface area (Å²) in [7, 11) is 0. The highest BCUT2D eigenvalue weighted by atomic mass is 19.2. The van der Waals surface area contributed by atoms with E-state index in [4.69, 9.17) is 9.26 Å². The highest BCUT2D eigenvalue weighted by Crippen LogP contribution is 2.25. The van der Waals surface area contributed by atoms with Crippen LogP contribution in [0.1, 0.15) is 17.6 Å².